The van der Waals surface area contributed by atoms with Crippen molar-refractivity contribution in [2.45, 2.75) is 18.9 Å². The Kier molecular flexibility index (Phi) is 7.90. The quantitative estimate of drug-likeness (QED) is 0.240. The smallest absolute Gasteiger partial charge is 0.412 e. The molecule has 5 aromatic rings. The van der Waals surface area contributed by atoms with Crippen LogP contribution in [0.3, 0.4) is 0 Å². The van der Waals surface area contributed by atoms with Crippen molar-refractivity contribution in [2.24, 2.45) is 0 Å². The number of aromatic nitrogens is 7. The molecule has 220 valence electrons. The van der Waals surface area contributed by atoms with Crippen molar-refractivity contribution in [2.75, 3.05) is 27.4 Å². The van der Waals surface area contributed by atoms with E-state index in [9.17, 15) is 9.59 Å². The van der Waals surface area contributed by atoms with Crippen molar-refractivity contribution < 1.29 is 19.0 Å². The van der Waals surface area contributed by atoms with Crippen molar-refractivity contribution in [3.63, 3.8) is 0 Å². The summed E-state index contributed by atoms with van der Waals surface area (Å²) in [5, 5.41) is 14.4. The summed E-state index contributed by atoms with van der Waals surface area (Å²) >= 11 is 6.58. The molecule has 13 nitrogen and oxygen atoms in total. The van der Waals surface area contributed by atoms with E-state index in [0.29, 0.717) is 54.2 Å². The third-order valence-corrected chi connectivity index (χ3v) is 7.43. The molecular weight excluding hydrogens is 576 g/mol. The maximum atomic E-state index is 13.6. The van der Waals surface area contributed by atoms with Gasteiger partial charge in [0.1, 0.15) is 34.5 Å². The first-order valence-electron chi connectivity index (χ1n) is 13.4. The molecule has 4 heterocycles. The lowest BCUT2D eigenvalue weighted by Gasteiger charge is -2.15. The number of carbonyl (C=O) groups is 1. The fourth-order valence-corrected chi connectivity index (χ4v) is 5.40. The summed E-state index contributed by atoms with van der Waals surface area (Å²) in [5.41, 5.74) is 4.18. The Balaban J connectivity index is 1.26. The van der Waals surface area contributed by atoms with Crippen molar-refractivity contribution in [1.29, 1.82) is 0 Å². The van der Waals surface area contributed by atoms with E-state index < -0.39 is 6.09 Å². The summed E-state index contributed by atoms with van der Waals surface area (Å²) < 4.78 is 18.9. The topological polar surface area (TPSA) is 151 Å². The van der Waals surface area contributed by atoms with E-state index in [2.05, 4.69) is 25.8 Å². The number of H-pyrrole nitrogens is 1. The third kappa shape index (κ3) is 5.72. The SMILES string of the molecule is COCCNC(=O)Oc1ccc(-c2nc([C@@H]3CCc4cc(-c5cc(OC)ccc5-n5cnnn5)cc(=O)n43)[nH]c2Cl)cc1. The van der Waals surface area contributed by atoms with Gasteiger partial charge in [-0.3, -0.25) is 4.79 Å². The van der Waals surface area contributed by atoms with Crippen molar-refractivity contribution in [1.82, 2.24) is 40.1 Å². The lowest BCUT2D eigenvalue weighted by molar-refractivity contribution is 0.180. The predicted molar refractivity (Wildman–Crippen MR) is 157 cm³/mol. The second-order valence-electron chi connectivity index (χ2n) is 9.75. The molecule has 2 aromatic carbocycles. The monoisotopic (exact) mass is 602 g/mol. The lowest BCUT2D eigenvalue weighted by Crippen LogP contribution is -2.29. The van der Waals surface area contributed by atoms with E-state index in [-0.39, 0.29) is 11.6 Å². The van der Waals surface area contributed by atoms with Crippen molar-refractivity contribution in [3.8, 4) is 39.6 Å². The van der Waals surface area contributed by atoms with Crippen LogP contribution < -0.4 is 20.3 Å². The molecule has 43 heavy (non-hydrogen) atoms. The van der Waals surface area contributed by atoms with Gasteiger partial charge in [-0.1, -0.05) is 11.6 Å². The van der Waals surface area contributed by atoms with E-state index in [1.54, 1.807) is 53.8 Å². The number of tetrazole rings is 1. The average molecular weight is 603 g/mol. The Labute approximate surface area is 250 Å². The van der Waals surface area contributed by atoms with Gasteiger partial charge in [-0.15, -0.1) is 5.10 Å². The highest BCUT2D eigenvalue weighted by Gasteiger charge is 2.29. The van der Waals surface area contributed by atoms with Gasteiger partial charge >= 0.3 is 6.09 Å². The molecule has 0 bridgehead atoms. The largest absolute Gasteiger partial charge is 0.497 e. The third-order valence-electron chi connectivity index (χ3n) is 7.15. The zero-order valence-electron chi connectivity index (χ0n) is 23.3. The van der Waals surface area contributed by atoms with Crippen LogP contribution in [0.1, 0.15) is 24.0 Å². The molecule has 1 aliphatic rings. The van der Waals surface area contributed by atoms with Crippen LogP contribution in [0.5, 0.6) is 11.5 Å². The highest BCUT2D eigenvalue weighted by molar-refractivity contribution is 6.31. The van der Waals surface area contributed by atoms with E-state index >= 15 is 0 Å². The van der Waals surface area contributed by atoms with E-state index in [4.69, 9.17) is 30.8 Å². The minimum absolute atomic E-state index is 0.167. The number of nitrogens with one attached hydrogen (secondary N) is 2. The molecule has 0 saturated carbocycles. The molecule has 0 unspecified atom stereocenters. The molecule has 1 amide bonds. The number of benzene rings is 2. The Morgan fingerprint density at radius 1 is 1.09 bits per heavy atom. The number of nitrogens with zero attached hydrogens (tertiary/aromatic N) is 6. The molecule has 3 aromatic heterocycles. The fraction of sp³-hybridized carbons (Fsp3) is 0.241. The van der Waals surface area contributed by atoms with Gasteiger partial charge in [0, 0.05) is 36.5 Å². The van der Waals surface area contributed by atoms with E-state index in [0.717, 1.165) is 28.1 Å². The maximum absolute atomic E-state index is 13.6. The highest BCUT2D eigenvalue weighted by atomic mass is 35.5. The number of pyridine rings is 1. The summed E-state index contributed by atoms with van der Waals surface area (Å²) in [7, 11) is 3.14. The van der Waals surface area contributed by atoms with Crippen LogP contribution >= 0.6 is 11.6 Å². The molecule has 0 radical (unpaired) electrons. The molecule has 1 aliphatic heterocycles. The van der Waals surface area contributed by atoms with Crippen LogP contribution in [0.15, 0.2) is 65.7 Å². The first-order chi connectivity index (χ1) is 20.9. The molecule has 1 atom stereocenters. The number of rotatable bonds is 9. The van der Waals surface area contributed by atoms with Crippen LogP contribution in [0, 0.1) is 0 Å². The lowest BCUT2D eigenvalue weighted by atomic mass is 10.0. The standard InChI is InChI=1S/C29H27ClN8O5/c1-41-12-11-31-29(40)43-20-6-3-17(4-7-20)26-27(30)34-28(33-26)24-9-5-19-13-18(14-25(39)38(19)24)22-15-21(42-2)8-10-23(22)37-16-32-35-36-37/h3-4,6-8,10,13-16,24H,5,9,11-12H2,1-2H3,(H,31,40)(H,33,34)/t24-/m0/s1. The van der Waals surface area contributed by atoms with Crippen molar-refractivity contribution >= 4 is 17.7 Å². The first-order valence-corrected chi connectivity index (χ1v) is 13.8. The number of amides is 1. The number of halogens is 1. The molecule has 14 heteroatoms. The van der Waals surface area contributed by atoms with Crippen LogP contribution in [-0.4, -0.2) is 68.2 Å². The molecular formula is C29H27ClN8O5. The molecule has 0 fully saturated rings. The van der Waals surface area contributed by atoms with Gasteiger partial charge in [-0.25, -0.2) is 9.78 Å². The Morgan fingerprint density at radius 3 is 2.65 bits per heavy atom. The van der Waals surface area contributed by atoms with E-state index in [1.165, 1.54) is 6.33 Å². The number of ether oxygens (including phenoxy) is 3. The predicted octanol–water partition coefficient (Wildman–Crippen LogP) is 3.81. The minimum atomic E-state index is -0.573. The van der Waals surface area contributed by atoms with Crippen LogP contribution in [-0.2, 0) is 11.2 Å². The summed E-state index contributed by atoms with van der Waals surface area (Å²) in [6, 6.07) is 15.7. The molecule has 6 rings (SSSR count). The number of fused-ring (bicyclic) bond motifs is 1. The molecule has 0 saturated heterocycles. The normalized spacial score (nSPS) is 14.0. The Morgan fingerprint density at radius 2 is 1.91 bits per heavy atom. The van der Waals surface area contributed by atoms with Gasteiger partial charge in [0.15, 0.2) is 0 Å². The van der Waals surface area contributed by atoms with Gasteiger partial charge in [0.05, 0.1) is 25.4 Å². The summed E-state index contributed by atoms with van der Waals surface area (Å²) in [4.78, 5) is 33.4. The highest BCUT2D eigenvalue weighted by Crippen LogP contribution is 2.36. The van der Waals surface area contributed by atoms with Gasteiger partial charge in [0.25, 0.3) is 5.56 Å². The fourth-order valence-electron chi connectivity index (χ4n) is 5.15. The van der Waals surface area contributed by atoms with Gasteiger partial charge in [0.2, 0.25) is 0 Å². The van der Waals surface area contributed by atoms with Gasteiger partial charge < -0.3 is 29.1 Å². The number of aryl methyl sites for hydroxylation is 1. The minimum Gasteiger partial charge on any atom is -0.497 e. The number of aromatic amines is 1. The number of hydrogen-bond donors (Lipinski definition) is 2. The maximum Gasteiger partial charge on any atom is 0.412 e. The van der Waals surface area contributed by atoms with Gasteiger partial charge in [-0.2, -0.15) is 4.68 Å². The van der Waals surface area contributed by atoms with Crippen molar-refractivity contribution in [3.05, 3.63) is 87.9 Å². The number of carbonyl (C=O) groups excluding carboxylic acids is 1. The van der Waals surface area contributed by atoms with Crippen LogP contribution in [0.25, 0.3) is 28.1 Å². The second kappa shape index (κ2) is 12.1. The summed E-state index contributed by atoms with van der Waals surface area (Å²) in [6.45, 7) is 0.731. The van der Waals surface area contributed by atoms with E-state index in [1.807, 2.05) is 24.3 Å². The number of hydrogen-bond acceptors (Lipinski definition) is 9. The van der Waals surface area contributed by atoms with Gasteiger partial charge in [-0.05, 0) is 77.4 Å². The average Bonchev–Trinajstić information content (AvgIpc) is 3.78. The Bertz CT molecular complexity index is 1820. The molecule has 0 spiro atoms. The Hall–Kier alpha value is -5.01. The van der Waals surface area contributed by atoms with Crippen LogP contribution in [0.2, 0.25) is 5.15 Å². The van der Waals surface area contributed by atoms with Crippen LogP contribution in [0.4, 0.5) is 4.79 Å². The first kappa shape index (κ1) is 28.1. The summed E-state index contributed by atoms with van der Waals surface area (Å²) in [6.07, 6.45) is 2.27. The number of methoxy groups -OCH3 is 2. The molecule has 2 N–H and O–H groups in total. The zero-order chi connectivity index (χ0) is 29.9. The summed E-state index contributed by atoms with van der Waals surface area (Å²) in [5.74, 6) is 1.60. The zero-order valence-corrected chi connectivity index (χ0v) is 24.0. The molecule has 0 aliphatic carbocycles. The second-order valence-corrected chi connectivity index (χ2v) is 10.1. The number of imidazole rings is 1.